The molecule has 1 aliphatic carbocycles. The minimum atomic E-state index is -0.544. The van der Waals surface area contributed by atoms with E-state index >= 15 is 0 Å². The van der Waals surface area contributed by atoms with Crippen LogP contribution in [0.4, 0.5) is 0 Å². The number of amidine groups is 1. The van der Waals surface area contributed by atoms with Crippen molar-refractivity contribution in [3.05, 3.63) is 173 Å². The Hall–Kier alpha value is -5.28. The van der Waals surface area contributed by atoms with E-state index in [2.05, 4.69) is 172 Å². The van der Waals surface area contributed by atoms with Crippen molar-refractivity contribution in [3.8, 4) is 0 Å². The summed E-state index contributed by atoms with van der Waals surface area (Å²) in [4.78, 5) is 10.9. The first-order valence-corrected chi connectivity index (χ1v) is 16.7. The van der Waals surface area contributed by atoms with Gasteiger partial charge < -0.3 is 4.57 Å². The quantitative estimate of drug-likeness (QED) is 0.129. The number of aryl methyl sites for hydroxylation is 1. The van der Waals surface area contributed by atoms with Gasteiger partial charge in [0.25, 0.3) is 0 Å². The second-order valence-corrected chi connectivity index (χ2v) is 12.4. The highest BCUT2D eigenvalue weighted by molar-refractivity contribution is 6.14. The fraction of sp³-hybridized carbons (Fsp3) is 0.182. The minimum absolute atomic E-state index is 0.509. The van der Waals surface area contributed by atoms with E-state index in [1.54, 1.807) is 0 Å². The molecule has 1 atom stereocenters. The van der Waals surface area contributed by atoms with E-state index < -0.39 is 5.41 Å². The van der Waals surface area contributed by atoms with E-state index in [9.17, 15) is 0 Å². The third kappa shape index (κ3) is 5.16. The maximum absolute atomic E-state index is 5.58. The lowest BCUT2D eigenvalue weighted by Gasteiger charge is -2.41. The van der Waals surface area contributed by atoms with Gasteiger partial charge in [0.15, 0.2) is 5.84 Å². The monoisotopic (exact) mass is 611 g/mol. The van der Waals surface area contributed by atoms with Crippen molar-refractivity contribution in [1.82, 2.24) is 4.57 Å². The lowest BCUT2D eigenvalue weighted by Crippen LogP contribution is -2.38. The Kier molecular flexibility index (Phi) is 8.30. The summed E-state index contributed by atoms with van der Waals surface area (Å²) in [5.74, 6) is 0.758. The lowest BCUT2D eigenvalue weighted by atomic mass is 9.65. The Morgan fingerprint density at radius 2 is 1.57 bits per heavy atom. The van der Waals surface area contributed by atoms with Gasteiger partial charge in [0, 0.05) is 27.7 Å². The second-order valence-electron chi connectivity index (χ2n) is 12.4. The van der Waals surface area contributed by atoms with Gasteiger partial charge in [0.1, 0.15) is 0 Å². The Balaban J connectivity index is 1.55. The summed E-state index contributed by atoms with van der Waals surface area (Å²) in [6.45, 7) is 9.31. The van der Waals surface area contributed by atoms with Gasteiger partial charge in [-0.15, -0.1) is 0 Å². The number of aromatic nitrogens is 1. The number of rotatable bonds is 7. The number of aliphatic imine (C=N–C) groups is 2. The number of para-hydroxylation sites is 2. The highest BCUT2D eigenvalue weighted by Crippen LogP contribution is 2.51. The molecule has 0 saturated heterocycles. The molecule has 3 heteroatoms. The molecule has 0 N–H and O–H groups in total. The maximum atomic E-state index is 5.58. The van der Waals surface area contributed by atoms with E-state index in [0.29, 0.717) is 6.54 Å². The lowest BCUT2D eigenvalue weighted by molar-refractivity contribution is 0.619. The highest BCUT2D eigenvalue weighted by atomic mass is 15.0. The van der Waals surface area contributed by atoms with Crippen molar-refractivity contribution in [2.45, 2.75) is 46.0 Å². The molecule has 7 rings (SSSR count). The first-order chi connectivity index (χ1) is 23.1. The Morgan fingerprint density at radius 3 is 2.38 bits per heavy atom. The molecule has 5 aromatic rings. The highest BCUT2D eigenvalue weighted by Gasteiger charge is 2.44. The predicted octanol–water partition coefficient (Wildman–Crippen LogP) is 11.0. The maximum Gasteiger partial charge on any atom is 0.154 e. The topological polar surface area (TPSA) is 29.6 Å². The summed E-state index contributed by atoms with van der Waals surface area (Å²) >= 11 is 0. The summed E-state index contributed by atoms with van der Waals surface area (Å²) in [7, 11) is 0. The second kappa shape index (κ2) is 12.8. The summed E-state index contributed by atoms with van der Waals surface area (Å²) in [5, 5.41) is 2.54. The van der Waals surface area contributed by atoms with Crippen molar-refractivity contribution in [2.75, 3.05) is 6.54 Å². The van der Waals surface area contributed by atoms with Crippen LogP contribution in [0.25, 0.3) is 27.5 Å². The van der Waals surface area contributed by atoms with Crippen LogP contribution in [0.2, 0.25) is 0 Å². The number of allylic oxidation sites excluding steroid dienone is 9. The first-order valence-electron chi connectivity index (χ1n) is 16.7. The minimum Gasteiger partial charge on any atom is -0.313 e. The number of hydrogen-bond acceptors (Lipinski definition) is 1. The van der Waals surface area contributed by atoms with Crippen molar-refractivity contribution in [3.63, 3.8) is 0 Å². The Labute approximate surface area is 278 Å². The van der Waals surface area contributed by atoms with E-state index in [4.69, 9.17) is 9.98 Å². The Bertz CT molecular complexity index is 2200. The molecule has 232 valence electrons. The molecule has 0 radical (unpaired) electrons. The molecule has 1 aliphatic heterocycles. The van der Waals surface area contributed by atoms with Crippen LogP contribution in [-0.2, 0) is 5.41 Å². The molecular weight excluding hydrogens is 571 g/mol. The zero-order valence-corrected chi connectivity index (χ0v) is 27.7. The Morgan fingerprint density at radius 1 is 0.830 bits per heavy atom. The zero-order chi connectivity index (χ0) is 32.4. The van der Waals surface area contributed by atoms with Crippen molar-refractivity contribution < 1.29 is 0 Å². The SMILES string of the molecule is C/C=C\C1=C(C)n2c3ccccc3c3cccc(c32)C1(C/N=C(\N=C(/CC)C1=CC=CCC=C1)c1ccccc1)c1ccccc1C. The summed E-state index contributed by atoms with van der Waals surface area (Å²) < 4.78 is 2.47. The summed E-state index contributed by atoms with van der Waals surface area (Å²) in [5.41, 5.74) is 11.4. The molecule has 0 amide bonds. The van der Waals surface area contributed by atoms with Crippen LogP contribution in [0.5, 0.6) is 0 Å². The molecular formula is C44H41N3. The zero-order valence-electron chi connectivity index (χ0n) is 27.7. The molecule has 0 saturated carbocycles. The standard InChI is InChI=1S/C44H41N3/c1-5-19-38-32(4)47-41-29-17-15-25-35(41)36-26-18-28-39(42(36)47)44(38,37-27-16-14-20-31(37)3)30-45-43(34-23-12-9-13-24-34)46-40(6-2)33-21-10-7-8-11-22-33/h5,7,9-29H,6,8,30H2,1-4H3/b19-5-,45-43-,46-40+. The van der Waals surface area contributed by atoms with Gasteiger partial charge in [0.05, 0.1) is 23.0 Å². The van der Waals surface area contributed by atoms with Gasteiger partial charge in [-0.05, 0) is 67.5 Å². The van der Waals surface area contributed by atoms with Gasteiger partial charge >= 0.3 is 0 Å². The number of fused-ring (bicyclic) bond motifs is 3. The van der Waals surface area contributed by atoms with Crippen LogP contribution in [0.1, 0.15) is 55.9 Å². The number of benzene rings is 4. The van der Waals surface area contributed by atoms with Gasteiger partial charge in [-0.3, -0.25) is 4.99 Å². The third-order valence-electron chi connectivity index (χ3n) is 9.67. The van der Waals surface area contributed by atoms with Crippen LogP contribution in [-0.4, -0.2) is 22.7 Å². The van der Waals surface area contributed by atoms with E-state index in [1.165, 1.54) is 49.8 Å². The fourth-order valence-electron chi connectivity index (χ4n) is 7.53. The molecule has 3 nitrogen and oxygen atoms in total. The van der Waals surface area contributed by atoms with Gasteiger partial charge in [-0.1, -0.05) is 140 Å². The largest absolute Gasteiger partial charge is 0.313 e. The smallest absolute Gasteiger partial charge is 0.154 e. The molecule has 0 spiro atoms. The van der Waals surface area contributed by atoms with Crippen LogP contribution in [0.3, 0.4) is 0 Å². The van der Waals surface area contributed by atoms with Gasteiger partial charge in [0.2, 0.25) is 0 Å². The van der Waals surface area contributed by atoms with Crippen molar-refractivity contribution in [1.29, 1.82) is 0 Å². The summed E-state index contributed by atoms with van der Waals surface area (Å²) in [6.07, 6.45) is 17.1. The normalized spacial score (nSPS) is 18.4. The van der Waals surface area contributed by atoms with Crippen molar-refractivity contribution >= 4 is 39.1 Å². The summed E-state index contributed by atoms with van der Waals surface area (Å²) in [6, 6.07) is 34.9. The molecule has 1 aromatic heterocycles. The molecule has 0 fully saturated rings. The van der Waals surface area contributed by atoms with Crippen LogP contribution >= 0.6 is 0 Å². The van der Waals surface area contributed by atoms with E-state index in [-0.39, 0.29) is 0 Å². The molecule has 47 heavy (non-hydrogen) atoms. The fourth-order valence-corrected chi connectivity index (χ4v) is 7.53. The van der Waals surface area contributed by atoms with Crippen LogP contribution in [0.15, 0.2) is 161 Å². The average Bonchev–Trinajstić information content (AvgIpc) is 3.23. The third-order valence-corrected chi connectivity index (χ3v) is 9.67. The van der Waals surface area contributed by atoms with Crippen LogP contribution in [0, 0.1) is 6.92 Å². The first kappa shape index (κ1) is 30.4. The van der Waals surface area contributed by atoms with E-state index in [0.717, 1.165) is 35.5 Å². The molecule has 1 unspecified atom stereocenters. The van der Waals surface area contributed by atoms with Crippen molar-refractivity contribution in [2.24, 2.45) is 9.98 Å². The predicted molar refractivity (Wildman–Crippen MR) is 202 cm³/mol. The van der Waals surface area contributed by atoms with E-state index in [1.807, 2.05) is 0 Å². The van der Waals surface area contributed by atoms with Crippen LogP contribution < -0.4 is 0 Å². The van der Waals surface area contributed by atoms with Gasteiger partial charge in [-0.2, -0.15) is 0 Å². The van der Waals surface area contributed by atoms with Gasteiger partial charge in [-0.25, -0.2) is 4.99 Å². The molecule has 2 heterocycles. The molecule has 2 aliphatic rings. The average molecular weight is 612 g/mol. The number of nitrogens with zero attached hydrogens (tertiary/aromatic N) is 3. The molecule has 4 aromatic carbocycles. The number of hydrogen-bond donors (Lipinski definition) is 0. The molecule has 0 bridgehead atoms.